The Hall–Kier alpha value is -0.520. The van der Waals surface area contributed by atoms with Gasteiger partial charge >= 0.3 is 0 Å². The van der Waals surface area contributed by atoms with Gasteiger partial charge in [-0.25, -0.2) is 0 Å². The third-order valence-electron chi connectivity index (χ3n) is 3.47. The molecule has 1 amide bonds. The lowest BCUT2D eigenvalue weighted by Crippen LogP contribution is -2.49. The van der Waals surface area contributed by atoms with E-state index in [1.807, 2.05) is 12.1 Å². The Bertz CT molecular complexity index is 455. The average molecular weight is 330 g/mol. The van der Waals surface area contributed by atoms with E-state index in [4.69, 9.17) is 4.74 Å². The zero-order valence-corrected chi connectivity index (χ0v) is 12.7. The van der Waals surface area contributed by atoms with Gasteiger partial charge in [-0.05, 0) is 37.5 Å². The fraction of sp³-hybridized carbons (Fsp3) is 0.462. The minimum Gasteiger partial charge on any atom is -0.376 e. The highest BCUT2D eigenvalue weighted by molar-refractivity contribution is 9.10. The molecule has 98 valence electrons. The second-order valence-corrected chi connectivity index (χ2v) is 5.98. The molecule has 1 saturated carbocycles. The predicted octanol–water partition coefficient (Wildman–Crippen LogP) is 3.04. The fourth-order valence-electron chi connectivity index (χ4n) is 2.06. The number of methoxy groups -OCH3 is 1. The van der Waals surface area contributed by atoms with Gasteiger partial charge < -0.3 is 10.1 Å². The molecule has 0 aromatic heterocycles. The van der Waals surface area contributed by atoms with Gasteiger partial charge in [0.2, 0.25) is 0 Å². The van der Waals surface area contributed by atoms with Crippen LogP contribution < -0.4 is 5.32 Å². The van der Waals surface area contributed by atoms with Crippen molar-refractivity contribution in [1.82, 2.24) is 5.32 Å². The Morgan fingerprint density at radius 3 is 2.78 bits per heavy atom. The first-order chi connectivity index (χ1) is 8.56. The molecular weight excluding hydrogens is 314 g/mol. The maximum absolute atomic E-state index is 12.0. The van der Waals surface area contributed by atoms with Crippen molar-refractivity contribution in [2.75, 3.05) is 13.7 Å². The number of benzene rings is 1. The van der Waals surface area contributed by atoms with E-state index in [0.717, 1.165) is 17.3 Å². The van der Waals surface area contributed by atoms with Crippen molar-refractivity contribution in [2.45, 2.75) is 29.8 Å². The van der Waals surface area contributed by atoms with Gasteiger partial charge in [-0.2, -0.15) is 0 Å². The van der Waals surface area contributed by atoms with E-state index in [-0.39, 0.29) is 11.5 Å². The summed E-state index contributed by atoms with van der Waals surface area (Å²) in [4.78, 5) is 12.7. The van der Waals surface area contributed by atoms with Crippen LogP contribution in [0, 0.1) is 0 Å². The Morgan fingerprint density at radius 1 is 1.56 bits per heavy atom. The van der Waals surface area contributed by atoms with E-state index in [0.29, 0.717) is 17.0 Å². The summed E-state index contributed by atoms with van der Waals surface area (Å²) in [6, 6.07) is 5.42. The lowest BCUT2D eigenvalue weighted by molar-refractivity contribution is -0.0679. The van der Waals surface area contributed by atoms with E-state index < -0.39 is 0 Å². The molecule has 2 rings (SSSR count). The summed E-state index contributed by atoms with van der Waals surface area (Å²) in [5.41, 5.74) is 0.439. The molecule has 0 heterocycles. The zero-order chi connectivity index (χ0) is 13.2. The van der Waals surface area contributed by atoms with Crippen LogP contribution in [0.1, 0.15) is 29.6 Å². The summed E-state index contributed by atoms with van der Waals surface area (Å²) in [6.45, 7) is 0.561. The van der Waals surface area contributed by atoms with Gasteiger partial charge in [0.1, 0.15) is 0 Å². The summed E-state index contributed by atoms with van der Waals surface area (Å²) in [7, 11) is 1.70. The molecule has 5 heteroatoms. The van der Waals surface area contributed by atoms with Crippen molar-refractivity contribution in [3.63, 3.8) is 0 Å². The summed E-state index contributed by atoms with van der Waals surface area (Å²) in [6.07, 6.45) is 3.19. The molecule has 1 aromatic rings. The van der Waals surface area contributed by atoms with E-state index in [9.17, 15) is 4.79 Å². The molecule has 1 N–H and O–H groups in total. The fourth-order valence-corrected chi connectivity index (χ4v) is 2.91. The van der Waals surface area contributed by atoms with Crippen LogP contribution in [0.15, 0.2) is 27.6 Å². The van der Waals surface area contributed by atoms with Gasteiger partial charge in [0.25, 0.3) is 5.91 Å². The van der Waals surface area contributed by atoms with Crippen molar-refractivity contribution in [3.8, 4) is 0 Å². The number of hydrogen-bond donors (Lipinski definition) is 2. The first-order valence-corrected chi connectivity index (χ1v) is 7.12. The van der Waals surface area contributed by atoms with E-state index in [2.05, 4.69) is 33.9 Å². The van der Waals surface area contributed by atoms with Crippen molar-refractivity contribution < 1.29 is 9.53 Å². The number of carbonyl (C=O) groups is 1. The van der Waals surface area contributed by atoms with Gasteiger partial charge in [0, 0.05) is 23.0 Å². The maximum Gasteiger partial charge on any atom is 0.252 e. The number of nitrogens with one attached hydrogen (secondary N) is 1. The average Bonchev–Trinajstić information content (AvgIpc) is 2.27. The third kappa shape index (κ3) is 2.90. The molecule has 18 heavy (non-hydrogen) atoms. The topological polar surface area (TPSA) is 38.3 Å². The summed E-state index contributed by atoms with van der Waals surface area (Å²) in [5.74, 6) is -0.101. The highest BCUT2D eigenvalue weighted by Gasteiger charge is 2.37. The van der Waals surface area contributed by atoms with Crippen LogP contribution in [0.5, 0.6) is 0 Å². The number of halogens is 1. The normalized spacial score (nSPS) is 17.1. The van der Waals surface area contributed by atoms with Gasteiger partial charge in [-0.3, -0.25) is 4.79 Å². The number of ether oxygens (including phenoxy) is 1. The molecule has 0 saturated heterocycles. The first-order valence-electron chi connectivity index (χ1n) is 5.88. The molecular formula is C13H16BrNO2S. The van der Waals surface area contributed by atoms with E-state index in [1.54, 1.807) is 13.2 Å². The van der Waals surface area contributed by atoms with Crippen LogP contribution in [0.25, 0.3) is 0 Å². The van der Waals surface area contributed by atoms with Crippen LogP contribution in [-0.4, -0.2) is 25.2 Å². The van der Waals surface area contributed by atoms with Gasteiger partial charge in [-0.15, -0.1) is 12.6 Å². The van der Waals surface area contributed by atoms with Crippen molar-refractivity contribution in [1.29, 1.82) is 0 Å². The summed E-state index contributed by atoms with van der Waals surface area (Å²) < 4.78 is 6.38. The number of hydrogen-bond acceptors (Lipinski definition) is 3. The number of carbonyl (C=O) groups excluding carboxylic acids is 1. The molecule has 0 bridgehead atoms. The minimum absolute atomic E-state index is 0.101. The molecule has 0 unspecified atom stereocenters. The molecule has 0 spiro atoms. The third-order valence-corrected chi connectivity index (χ3v) is 4.34. The first kappa shape index (κ1) is 13.9. The zero-order valence-electron chi connectivity index (χ0n) is 10.2. The molecule has 1 fully saturated rings. The largest absolute Gasteiger partial charge is 0.376 e. The lowest BCUT2D eigenvalue weighted by atomic mass is 9.80. The predicted molar refractivity (Wildman–Crippen MR) is 77.3 cm³/mol. The quantitative estimate of drug-likeness (QED) is 0.833. The molecule has 0 atom stereocenters. The molecule has 1 aromatic carbocycles. The van der Waals surface area contributed by atoms with Gasteiger partial charge in [-0.1, -0.05) is 15.9 Å². The van der Waals surface area contributed by atoms with Crippen LogP contribution >= 0.6 is 28.6 Å². The Kier molecular flexibility index (Phi) is 4.35. The lowest BCUT2D eigenvalue weighted by Gasteiger charge is -2.40. The molecule has 1 aliphatic rings. The molecule has 0 radical (unpaired) electrons. The summed E-state index contributed by atoms with van der Waals surface area (Å²) >= 11 is 7.66. The Labute approximate surface area is 121 Å². The van der Waals surface area contributed by atoms with Crippen LogP contribution in [-0.2, 0) is 4.74 Å². The highest BCUT2D eigenvalue weighted by atomic mass is 79.9. The smallest absolute Gasteiger partial charge is 0.252 e. The molecule has 3 nitrogen and oxygen atoms in total. The van der Waals surface area contributed by atoms with Crippen molar-refractivity contribution in [3.05, 3.63) is 28.2 Å². The highest BCUT2D eigenvalue weighted by Crippen LogP contribution is 2.34. The second-order valence-electron chi connectivity index (χ2n) is 4.58. The van der Waals surface area contributed by atoms with Gasteiger partial charge in [0.05, 0.1) is 11.2 Å². The van der Waals surface area contributed by atoms with E-state index >= 15 is 0 Å². The number of thiol groups is 1. The number of amides is 1. The Balaban J connectivity index is 1.99. The monoisotopic (exact) mass is 329 g/mol. The van der Waals surface area contributed by atoms with Crippen LogP contribution in [0.3, 0.4) is 0 Å². The van der Waals surface area contributed by atoms with Gasteiger partial charge in [0.15, 0.2) is 0 Å². The number of rotatable bonds is 4. The van der Waals surface area contributed by atoms with Crippen LogP contribution in [0.2, 0.25) is 0 Å². The summed E-state index contributed by atoms with van der Waals surface area (Å²) in [5, 5.41) is 2.92. The Morgan fingerprint density at radius 2 is 2.28 bits per heavy atom. The molecule has 1 aliphatic carbocycles. The minimum atomic E-state index is -0.151. The van der Waals surface area contributed by atoms with Crippen LogP contribution in [0.4, 0.5) is 0 Å². The van der Waals surface area contributed by atoms with Crippen molar-refractivity contribution >= 4 is 34.5 Å². The molecule has 0 aliphatic heterocycles. The second kappa shape index (κ2) is 5.63. The van der Waals surface area contributed by atoms with E-state index in [1.165, 1.54) is 6.42 Å². The maximum atomic E-state index is 12.0. The van der Waals surface area contributed by atoms with Crippen molar-refractivity contribution in [2.24, 2.45) is 0 Å². The standard InChI is InChI=1S/C13H16BrNO2S/c1-17-13(5-2-6-13)8-15-12(16)10-4-3-9(14)7-11(10)18/h3-4,7,18H,2,5-6,8H2,1H3,(H,15,16). The SMILES string of the molecule is COC1(CNC(=O)c2ccc(Br)cc2S)CCC1.